The number of nitrogens with one attached hydrogen (secondary N) is 2. The van der Waals surface area contributed by atoms with E-state index in [-0.39, 0.29) is 10.7 Å². The summed E-state index contributed by atoms with van der Waals surface area (Å²) < 4.78 is 29.7. The van der Waals surface area contributed by atoms with Gasteiger partial charge >= 0.3 is 0 Å². The minimum atomic E-state index is -3.76. The van der Waals surface area contributed by atoms with Crippen LogP contribution in [0.1, 0.15) is 0 Å². The molecule has 1 aromatic carbocycles. The van der Waals surface area contributed by atoms with Gasteiger partial charge in [0.25, 0.3) is 10.0 Å². The van der Waals surface area contributed by atoms with E-state index in [0.29, 0.717) is 14.6 Å². The van der Waals surface area contributed by atoms with Crippen LogP contribution in [-0.2, 0) is 10.0 Å². The number of aromatic nitrogens is 1. The van der Waals surface area contributed by atoms with Gasteiger partial charge in [-0.05, 0) is 56.1 Å². The predicted octanol–water partition coefficient (Wildman–Crippen LogP) is 4.21. The first-order chi connectivity index (χ1) is 9.85. The number of pyridine rings is 1. The molecule has 0 unspecified atom stereocenters. The summed E-state index contributed by atoms with van der Waals surface area (Å²) in [6, 6.07) is 6.57. The van der Waals surface area contributed by atoms with Gasteiger partial charge < -0.3 is 5.32 Å². The number of rotatable bonds is 4. The molecule has 112 valence electrons. The van der Waals surface area contributed by atoms with Crippen molar-refractivity contribution in [1.29, 1.82) is 0 Å². The summed E-state index contributed by atoms with van der Waals surface area (Å²) in [5.41, 5.74) is 0.420. The van der Waals surface area contributed by atoms with Crippen LogP contribution < -0.4 is 10.0 Å². The van der Waals surface area contributed by atoms with Crippen LogP contribution in [0.15, 0.2) is 48.8 Å². The number of nitrogens with zero attached hydrogens (tertiary/aromatic N) is 1. The summed E-state index contributed by atoms with van der Waals surface area (Å²) in [7, 11) is -2.15. The fourth-order valence-corrected chi connectivity index (χ4v) is 5.61. The zero-order valence-electron chi connectivity index (χ0n) is 10.7. The molecule has 2 aromatic rings. The van der Waals surface area contributed by atoms with E-state index in [0.717, 1.165) is 4.47 Å². The van der Waals surface area contributed by atoms with Gasteiger partial charge in [-0.3, -0.25) is 4.72 Å². The van der Waals surface area contributed by atoms with Crippen molar-refractivity contribution in [2.24, 2.45) is 0 Å². The van der Waals surface area contributed by atoms with E-state index in [4.69, 9.17) is 0 Å². The first kappa shape index (κ1) is 16.7. The van der Waals surface area contributed by atoms with Crippen molar-refractivity contribution in [3.8, 4) is 0 Å². The smallest absolute Gasteiger partial charge is 0.265 e. The Morgan fingerprint density at radius 2 is 1.76 bits per heavy atom. The van der Waals surface area contributed by atoms with Crippen LogP contribution in [0.2, 0.25) is 0 Å². The van der Waals surface area contributed by atoms with Crippen LogP contribution in [0.3, 0.4) is 0 Å². The van der Waals surface area contributed by atoms with E-state index in [1.54, 1.807) is 25.2 Å². The van der Waals surface area contributed by atoms with Gasteiger partial charge in [-0.1, -0.05) is 15.9 Å². The number of hydrogen-bond donors (Lipinski definition) is 2. The molecule has 1 heterocycles. The molecule has 0 fully saturated rings. The number of sulfonamides is 1. The molecule has 0 aliphatic carbocycles. The molecule has 2 rings (SSSR count). The molecule has 9 heteroatoms. The van der Waals surface area contributed by atoms with E-state index in [1.165, 1.54) is 12.3 Å². The van der Waals surface area contributed by atoms with E-state index >= 15 is 0 Å². The number of anilines is 2. The highest BCUT2D eigenvalue weighted by molar-refractivity contribution is 9.11. The van der Waals surface area contributed by atoms with Gasteiger partial charge in [0, 0.05) is 26.7 Å². The fourth-order valence-electron chi connectivity index (χ4n) is 1.62. The van der Waals surface area contributed by atoms with Crippen molar-refractivity contribution in [1.82, 2.24) is 4.98 Å². The summed E-state index contributed by atoms with van der Waals surface area (Å²) in [6.07, 6.45) is 1.52. The van der Waals surface area contributed by atoms with Crippen LogP contribution in [0, 0.1) is 0 Å². The Bertz CT molecular complexity index is 758. The largest absolute Gasteiger partial charge is 0.372 e. The molecule has 1 aromatic heterocycles. The van der Waals surface area contributed by atoms with Crippen molar-refractivity contribution in [3.05, 3.63) is 43.9 Å². The molecule has 0 saturated carbocycles. The van der Waals surface area contributed by atoms with Crippen LogP contribution >= 0.6 is 47.8 Å². The standard InChI is InChI=1S/C12H10Br3N3O2S/c1-16-12-10(3-2-4-17-12)21(19,20)18-11-8(14)5-7(13)6-9(11)15/h2-6,18H,1H3,(H,16,17). The maximum Gasteiger partial charge on any atom is 0.265 e. The zero-order chi connectivity index (χ0) is 15.6. The number of halogens is 3. The van der Waals surface area contributed by atoms with Gasteiger partial charge in [-0.25, -0.2) is 13.4 Å². The maximum atomic E-state index is 12.5. The normalized spacial score (nSPS) is 11.2. The van der Waals surface area contributed by atoms with Gasteiger partial charge in [0.15, 0.2) is 0 Å². The lowest BCUT2D eigenvalue weighted by atomic mass is 10.3. The highest BCUT2D eigenvalue weighted by Gasteiger charge is 2.21. The third kappa shape index (κ3) is 3.77. The van der Waals surface area contributed by atoms with E-state index in [1.807, 2.05) is 0 Å². The second-order valence-corrected chi connectivity index (χ2v) is 8.23. The second kappa shape index (κ2) is 6.64. The lowest BCUT2D eigenvalue weighted by molar-refractivity contribution is 0.601. The minimum Gasteiger partial charge on any atom is -0.372 e. The highest BCUT2D eigenvalue weighted by atomic mass is 79.9. The molecule has 0 saturated heterocycles. The molecule has 0 aliphatic rings. The zero-order valence-corrected chi connectivity index (χ0v) is 16.3. The van der Waals surface area contributed by atoms with E-state index < -0.39 is 10.0 Å². The molecule has 5 nitrogen and oxygen atoms in total. The Labute approximate surface area is 148 Å². The molecule has 0 aliphatic heterocycles. The molecule has 0 spiro atoms. The average molecular weight is 500 g/mol. The van der Waals surface area contributed by atoms with Gasteiger partial charge in [0.05, 0.1) is 5.69 Å². The number of benzene rings is 1. The Hall–Kier alpha value is -0.640. The van der Waals surface area contributed by atoms with Crippen LogP contribution in [0.4, 0.5) is 11.5 Å². The molecular weight excluding hydrogens is 490 g/mol. The topological polar surface area (TPSA) is 71.1 Å². The Morgan fingerprint density at radius 1 is 1.14 bits per heavy atom. The first-order valence-corrected chi connectivity index (χ1v) is 9.51. The van der Waals surface area contributed by atoms with E-state index in [2.05, 4.69) is 62.8 Å². The minimum absolute atomic E-state index is 0.0780. The summed E-state index contributed by atoms with van der Waals surface area (Å²) >= 11 is 10.0. The predicted molar refractivity (Wildman–Crippen MR) is 94.1 cm³/mol. The molecule has 0 amide bonds. The van der Waals surface area contributed by atoms with Gasteiger partial charge in [0.2, 0.25) is 0 Å². The molecule has 0 bridgehead atoms. The fraction of sp³-hybridized carbons (Fsp3) is 0.0833. The van der Waals surface area contributed by atoms with Gasteiger partial charge in [0.1, 0.15) is 10.7 Å². The Balaban J connectivity index is 2.48. The molecule has 0 radical (unpaired) electrons. The Morgan fingerprint density at radius 3 is 2.33 bits per heavy atom. The van der Waals surface area contributed by atoms with Crippen LogP contribution in [0.5, 0.6) is 0 Å². The summed E-state index contributed by atoms with van der Waals surface area (Å²) in [5.74, 6) is 0.286. The third-order valence-electron chi connectivity index (χ3n) is 2.54. The maximum absolute atomic E-state index is 12.5. The second-order valence-electron chi connectivity index (χ2n) is 3.95. The van der Waals surface area contributed by atoms with Crippen LogP contribution in [-0.4, -0.2) is 20.4 Å². The van der Waals surface area contributed by atoms with Crippen molar-refractivity contribution in [2.45, 2.75) is 4.90 Å². The van der Waals surface area contributed by atoms with Crippen molar-refractivity contribution in [3.63, 3.8) is 0 Å². The molecule has 2 N–H and O–H groups in total. The van der Waals surface area contributed by atoms with Gasteiger partial charge in [-0.15, -0.1) is 0 Å². The van der Waals surface area contributed by atoms with Gasteiger partial charge in [-0.2, -0.15) is 0 Å². The molecule has 21 heavy (non-hydrogen) atoms. The lowest BCUT2D eigenvalue weighted by Crippen LogP contribution is -2.16. The first-order valence-electron chi connectivity index (χ1n) is 5.65. The molecular formula is C12H10Br3N3O2S. The molecule has 0 atom stereocenters. The summed E-state index contributed by atoms with van der Waals surface area (Å²) in [5, 5.41) is 2.76. The van der Waals surface area contributed by atoms with E-state index in [9.17, 15) is 8.42 Å². The van der Waals surface area contributed by atoms with Crippen LogP contribution in [0.25, 0.3) is 0 Å². The third-order valence-corrected chi connectivity index (χ3v) is 5.63. The van der Waals surface area contributed by atoms with Crippen molar-refractivity contribution < 1.29 is 8.42 Å². The average Bonchev–Trinajstić information content (AvgIpc) is 2.43. The summed E-state index contributed by atoms with van der Waals surface area (Å²) in [4.78, 5) is 4.08. The number of hydrogen-bond acceptors (Lipinski definition) is 4. The van der Waals surface area contributed by atoms with Crippen molar-refractivity contribution in [2.75, 3.05) is 17.1 Å². The lowest BCUT2D eigenvalue weighted by Gasteiger charge is -2.14. The quantitative estimate of drug-likeness (QED) is 0.661. The Kier molecular flexibility index (Phi) is 5.29. The van der Waals surface area contributed by atoms with Crippen molar-refractivity contribution >= 4 is 69.3 Å². The SMILES string of the molecule is CNc1ncccc1S(=O)(=O)Nc1c(Br)cc(Br)cc1Br. The highest BCUT2D eigenvalue weighted by Crippen LogP contribution is 2.36. The summed E-state index contributed by atoms with van der Waals surface area (Å²) in [6.45, 7) is 0. The monoisotopic (exact) mass is 497 g/mol.